The zero-order chi connectivity index (χ0) is 17.1. The first-order valence-electron chi connectivity index (χ1n) is 7.05. The van der Waals surface area contributed by atoms with Gasteiger partial charge in [-0.2, -0.15) is 0 Å². The average molecular weight is 338 g/mol. The number of carboxylic acids is 1. The number of rotatable bonds is 5. The molecule has 0 heterocycles. The van der Waals surface area contributed by atoms with Crippen molar-refractivity contribution in [1.29, 1.82) is 0 Å². The van der Waals surface area contributed by atoms with E-state index in [1.165, 1.54) is 0 Å². The fourth-order valence-corrected chi connectivity index (χ4v) is 2.58. The highest BCUT2D eigenvalue weighted by molar-refractivity contribution is 6.39. The molecule has 2 N–H and O–H groups in total. The highest BCUT2D eigenvalue weighted by Gasteiger charge is 2.41. The van der Waals surface area contributed by atoms with Crippen LogP contribution in [0.25, 0.3) is 0 Å². The fourth-order valence-electron chi connectivity index (χ4n) is 2.33. The molecule has 0 saturated heterocycles. The van der Waals surface area contributed by atoms with Gasteiger partial charge in [0.05, 0.1) is 5.71 Å². The van der Waals surface area contributed by atoms with Gasteiger partial charge in [0, 0.05) is 12.3 Å². The van der Waals surface area contributed by atoms with Crippen molar-refractivity contribution < 1.29 is 19.5 Å². The van der Waals surface area contributed by atoms with E-state index in [1.54, 1.807) is 12.2 Å². The van der Waals surface area contributed by atoms with Crippen LogP contribution in [0.3, 0.4) is 0 Å². The van der Waals surface area contributed by atoms with Crippen LogP contribution in [0.2, 0.25) is 0 Å². The molecule has 4 nitrogen and oxygen atoms in total. The first-order chi connectivity index (χ1) is 10.8. The minimum atomic E-state index is -2.57. The second-order valence-corrected chi connectivity index (χ2v) is 6.27. The van der Waals surface area contributed by atoms with Crippen LogP contribution in [0.15, 0.2) is 59.8 Å². The number of aliphatic carboxylic acids is 1. The topological polar surface area (TPSA) is 69.9 Å². The molecule has 2 rings (SSSR count). The summed E-state index contributed by atoms with van der Waals surface area (Å²) in [6, 6.07) is 9.68. The van der Waals surface area contributed by atoms with Gasteiger partial charge in [-0.3, -0.25) is 0 Å². The molecule has 0 spiro atoms. The van der Waals surface area contributed by atoms with Gasteiger partial charge in [0.1, 0.15) is 4.87 Å². The molecule has 0 bridgehead atoms. The van der Waals surface area contributed by atoms with Crippen LogP contribution in [-0.4, -0.2) is 32.5 Å². The zero-order valence-corrected chi connectivity index (χ0v) is 13.2. The number of benzene rings is 1. The number of alkyl halides is 2. The van der Waals surface area contributed by atoms with Crippen LogP contribution in [0.4, 0.5) is 4.39 Å². The molecule has 122 valence electrons. The molecule has 1 aliphatic carbocycles. The maximum atomic E-state index is 14.0. The Morgan fingerprint density at radius 2 is 1.91 bits per heavy atom. The highest BCUT2D eigenvalue weighted by atomic mass is 35.5. The predicted octanol–water partition coefficient (Wildman–Crippen LogP) is 3.91. The number of oxime groups is 1. The van der Waals surface area contributed by atoms with Gasteiger partial charge < -0.3 is 10.3 Å². The molecule has 0 aliphatic heterocycles. The number of hydrogen-bond donors (Lipinski definition) is 2. The van der Waals surface area contributed by atoms with E-state index >= 15 is 0 Å². The largest absolute Gasteiger partial charge is 0.479 e. The summed E-state index contributed by atoms with van der Waals surface area (Å²) in [5, 5.41) is 21.0. The van der Waals surface area contributed by atoms with E-state index in [4.69, 9.17) is 21.9 Å². The molecule has 1 aromatic carbocycles. The molecule has 0 amide bonds. The summed E-state index contributed by atoms with van der Waals surface area (Å²) in [7, 11) is 0. The second kappa shape index (κ2) is 6.54. The lowest BCUT2D eigenvalue weighted by Gasteiger charge is -2.28. The van der Waals surface area contributed by atoms with Gasteiger partial charge in [-0.15, -0.1) is 11.6 Å². The van der Waals surface area contributed by atoms with Crippen molar-refractivity contribution in [3.05, 3.63) is 60.2 Å². The minimum absolute atomic E-state index is 0.000693. The molecule has 0 aromatic heterocycles. The van der Waals surface area contributed by atoms with Crippen LogP contribution >= 0.6 is 11.6 Å². The second-order valence-electron chi connectivity index (χ2n) is 5.65. The van der Waals surface area contributed by atoms with E-state index in [9.17, 15) is 9.18 Å². The molecule has 1 aromatic rings. The van der Waals surface area contributed by atoms with Crippen molar-refractivity contribution in [3.63, 3.8) is 0 Å². The van der Waals surface area contributed by atoms with E-state index in [0.717, 1.165) is 12.5 Å². The number of carboxylic acid groups (broad SMARTS) is 1. The van der Waals surface area contributed by atoms with Crippen LogP contribution in [-0.2, 0) is 4.79 Å². The lowest BCUT2D eigenvalue weighted by Crippen LogP contribution is -2.39. The number of allylic oxidation sites excluding steroid dienone is 4. The van der Waals surface area contributed by atoms with Gasteiger partial charge in [-0.1, -0.05) is 59.8 Å². The third kappa shape index (κ3) is 3.79. The number of carbonyl (C=O) groups is 1. The van der Waals surface area contributed by atoms with E-state index in [-0.39, 0.29) is 11.6 Å². The molecular formula is C17H17ClFNO3. The van der Waals surface area contributed by atoms with Gasteiger partial charge >= 0.3 is 5.97 Å². The van der Waals surface area contributed by atoms with Crippen LogP contribution in [0.5, 0.6) is 0 Å². The molecule has 1 atom stereocenters. The molecule has 0 saturated carbocycles. The monoisotopic (exact) mass is 337 g/mol. The Hall–Kier alpha value is -2.14. The van der Waals surface area contributed by atoms with Crippen molar-refractivity contribution >= 4 is 23.3 Å². The molecule has 1 unspecified atom stereocenters. The Labute approximate surface area is 138 Å². The third-order valence-corrected chi connectivity index (χ3v) is 4.26. The average Bonchev–Trinajstić information content (AvgIpc) is 2.54. The van der Waals surface area contributed by atoms with E-state index in [1.807, 2.05) is 42.5 Å². The van der Waals surface area contributed by atoms with Crippen LogP contribution in [0.1, 0.15) is 24.8 Å². The van der Waals surface area contributed by atoms with Gasteiger partial charge in [-0.05, 0) is 12.5 Å². The summed E-state index contributed by atoms with van der Waals surface area (Å²) < 4.78 is 14.0. The highest BCUT2D eigenvalue weighted by Crippen LogP contribution is 2.34. The molecule has 1 aliphatic rings. The Balaban J connectivity index is 2.20. The minimum Gasteiger partial charge on any atom is -0.479 e. The maximum absolute atomic E-state index is 14.0. The van der Waals surface area contributed by atoms with Crippen LogP contribution < -0.4 is 0 Å². The van der Waals surface area contributed by atoms with Crippen molar-refractivity contribution in [2.75, 3.05) is 0 Å². The number of hydrogen-bond acceptors (Lipinski definition) is 3. The number of halogens is 2. The van der Waals surface area contributed by atoms with Gasteiger partial charge in [-0.25, -0.2) is 9.18 Å². The summed E-state index contributed by atoms with van der Waals surface area (Å²) in [4.78, 5) is 9.56. The van der Waals surface area contributed by atoms with E-state index in [2.05, 4.69) is 5.16 Å². The predicted molar refractivity (Wildman–Crippen MR) is 87.0 cm³/mol. The Morgan fingerprint density at radius 1 is 1.35 bits per heavy atom. The van der Waals surface area contributed by atoms with E-state index < -0.39 is 22.9 Å². The van der Waals surface area contributed by atoms with Crippen molar-refractivity contribution in [2.45, 2.75) is 29.8 Å². The summed E-state index contributed by atoms with van der Waals surface area (Å²) in [5.74, 6) is -1.64. The molecule has 23 heavy (non-hydrogen) atoms. The first-order valence-corrected chi connectivity index (χ1v) is 7.42. The standard InChI is InChI=1S/C17H17ClFNO3/c1-16(19,15(21)22)11-14(20-23)17(18)9-7-13(8-10-17)12-5-3-2-4-6-12/h2-10,13,23H,11H2,1H3,(H,21,22)/b20-14+. The van der Waals surface area contributed by atoms with Crippen molar-refractivity contribution in [3.8, 4) is 0 Å². The van der Waals surface area contributed by atoms with Crippen LogP contribution in [0, 0.1) is 0 Å². The molecular weight excluding hydrogens is 321 g/mol. The Kier molecular flexibility index (Phi) is 4.90. The van der Waals surface area contributed by atoms with Gasteiger partial charge in [0.25, 0.3) is 0 Å². The van der Waals surface area contributed by atoms with E-state index in [0.29, 0.717) is 0 Å². The SMILES string of the molecule is CC(F)(C/C(=N\O)C1(Cl)C=CC(c2ccccc2)C=C1)C(=O)O. The summed E-state index contributed by atoms with van der Waals surface area (Å²) >= 11 is 6.38. The van der Waals surface area contributed by atoms with Crippen molar-refractivity contribution in [1.82, 2.24) is 0 Å². The fraction of sp³-hybridized carbons (Fsp3) is 0.294. The Morgan fingerprint density at radius 3 is 2.39 bits per heavy atom. The lowest BCUT2D eigenvalue weighted by molar-refractivity contribution is -0.149. The maximum Gasteiger partial charge on any atom is 0.341 e. The third-order valence-electron chi connectivity index (χ3n) is 3.79. The quantitative estimate of drug-likeness (QED) is 0.281. The van der Waals surface area contributed by atoms with Gasteiger partial charge in [0.2, 0.25) is 5.67 Å². The lowest BCUT2D eigenvalue weighted by atomic mass is 9.85. The number of nitrogens with zero attached hydrogens (tertiary/aromatic N) is 1. The smallest absolute Gasteiger partial charge is 0.341 e. The summed E-state index contributed by atoms with van der Waals surface area (Å²) in [6.45, 7) is 0.907. The first kappa shape index (κ1) is 17.2. The normalized spacial score (nSPS) is 26.7. The molecule has 0 fully saturated rings. The summed E-state index contributed by atoms with van der Waals surface area (Å²) in [6.07, 6.45) is 6.17. The van der Waals surface area contributed by atoms with Crippen molar-refractivity contribution in [2.24, 2.45) is 5.16 Å². The Bertz CT molecular complexity index is 654. The molecule has 6 heteroatoms. The van der Waals surface area contributed by atoms with Gasteiger partial charge in [0.15, 0.2) is 0 Å². The zero-order valence-electron chi connectivity index (χ0n) is 12.5. The molecule has 0 radical (unpaired) electrons. The summed E-state index contributed by atoms with van der Waals surface area (Å²) in [5.41, 5.74) is -1.67.